The summed E-state index contributed by atoms with van der Waals surface area (Å²) in [7, 11) is 3.11. The highest BCUT2D eigenvalue weighted by Crippen LogP contribution is 2.46. The number of benzene rings is 3. The maximum absolute atomic E-state index is 15.2. The average molecular weight is 643 g/mol. The zero-order valence-electron chi connectivity index (χ0n) is 25.4. The molecule has 2 aliphatic heterocycles. The Morgan fingerprint density at radius 3 is 2.26 bits per heavy atom. The van der Waals surface area contributed by atoms with Crippen molar-refractivity contribution in [3.05, 3.63) is 77.1 Å². The molecule has 0 spiro atoms. The van der Waals surface area contributed by atoms with Gasteiger partial charge in [0.25, 0.3) is 5.91 Å². The molecule has 3 heterocycles. The van der Waals surface area contributed by atoms with Crippen LogP contribution in [0, 0.1) is 35.0 Å². The van der Waals surface area contributed by atoms with E-state index in [1.54, 1.807) is 49.5 Å². The van der Waals surface area contributed by atoms with Gasteiger partial charge in [0.05, 0.1) is 16.8 Å². The lowest BCUT2D eigenvalue weighted by atomic mass is 10.1. The minimum Gasteiger partial charge on any atom is -0.465 e. The van der Waals surface area contributed by atoms with E-state index in [1.807, 2.05) is 13.8 Å². The Hall–Kier alpha value is -4.65. The van der Waals surface area contributed by atoms with E-state index in [0.717, 1.165) is 0 Å². The summed E-state index contributed by atoms with van der Waals surface area (Å²) in [5.74, 6) is -11.0. The van der Waals surface area contributed by atoms with E-state index in [4.69, 9.17) is 9.47 Å². The van der Waals surface area contributed by atoms with Gasteiger partial charge in [0.2, 0.25) is 18.0 Å². The summed E-state index contributed by atoms with van der Waals surface area (Å²) in [6, 6.07) is 10.7. The number of carbonyl (C=O) groups is 2. The molecular weight excluding hydrogens is 611 g/mol. The lowest BCUT2D eigenvalue weighted by Gasteiger charge is -2.31. The summed E-state index contributed by atoms with van der Waals surface area (Å²) in [6.07, 6.45) is -1.32. The third-order valence-electron chi connectivity index (χ3n) is 8.56. The van der Waals surface area contributed by atoms with Gasteiger partial charge in [-0.15, -0.1) is 0 Å². The highest BCUT2D eigenvalue weighted by atomic mass is 19.2. The second kappa shape index (κ2) is 11.9. The van der Waals surface area contributed by atoms with E-state index >= 15 is 8.78 Å². The van der Waals surface area contributed by atoms with E-state index in [2.05, 4.69) is 10.6 Å². The number of hydrogen-bond acceptors (Lipinski definition) is 5. The number of rotatable bonds is 7. The Bertz CT molecular complexity index is 1850. The largest absolute Gasteiger partial charge is 0.465 e. The van der Waals surface area contributed by atoms with Crippen LogP contribution in [0.15, 0.2) is 42.5 Å². The summed E-state index contributed by atoms with van der Waals surface area (Å²) >= 11 is 0. The van der Waals surface area contributed by atoms with Crippen molar-refractivity contribution >= 4 is 34.1 Å². The number of nitrogens with zero attached hydrogens (tertiary/aromatic N) is 2. The SMILES string of the molecule is CNc1ccc2c(c1)OC(c1c(F)c(F)c(F)c(F)c1F)n1c-2cc2cc(NC(=O)C3CCCN3C(=O)C(OC)C(C)C)ccc21. The Labute approximate surface area is 261 Å². The van der Waals surface area contributed by atoms with Crippen LogP contribution in [0.4, 0.5) is 33.3 Å². The predicted octanol–water partition coefficient (Wildman–Crippen LogP) is 6.59. The van der Waals surface area contributed by atoms with E-state index in [1.165, 1.54) is 16.6 Å². The van der Waals surface area contributed by atoms with Crippen LogP contribution in [0.3, 0.4) is 0 Å². The van der Waals surface area contributed by atoms with Crippen LogP contribution in [-0.4, -0.2) is 54.1 Å². The van der Waals surface area contributed by atoms with E-state index in [-0.39, 0.29) is 23.5 Å². The van der Waals surface area contributed by atoms with Crippen molar-refractivity contribution in [3.63, 3.8) is 0 Å². The first-order chi connectivity index (χ1) is 22.0. The summed E-state index contributed by atoms with van der Waals surface area (Å²) in [6.45, 7) is 4.15. The quantitative estimate of drug-likeness (QED) is 0.135. The molecule has 3 unspecified atom stereocenters. The molecule has 8 nitrogen and oxygen atoms in total. The average Bonchev–Trinajstić information content (AvgIpc) is 3.68. The van der Waals surface area contributed by atoms with Gasteiger partial charge in [-0.25, -0.2) is 22.0 Å². The molecule has 6 rings (SSSR count). The molecule has 46 heavy (non-hydrogen) atoms. The van der Waals surface area contributed by atoms with Gasteiger partial charge in [0, 0.05) is 49.1 Å². The van der Waals surface area contributed by atoms with E-state index in [9.17, 15) is 22.8 Å². The maximum atomic E-state index is 15.2. The summed E-state index contributed by atoms with van der Waals surface area (Å²) in [5.41, 5.74) is 1.08. The monoisotopic (exact) mass is 642 g/mol. The number of methoxy groups -OCH3 is 1. The second-order valence-corrected chi connectivity index (χ2v) is 11.7. The molecule has 3 atom stereocenters. The van der Waals surface area contributed by atoms with Gasteiger partial charge in [-0.05, 0) is 55.2 Å². The molecule has 2 amide bonds. The number of halogens is 5. The van der Waals surface area contributed by atoms with Crippen molar-refractivity contribution in [3.8, 4) is 17.0 Å². The van der Waals surface area contributed by atoms with Crippen LogP contribution < -0.4 is 15.4 Å². The number of anilines is 2. The normalized spacial score (nSPS) is 17.9. The first-order valence-electron chi connectivity index (χ1n) is 14.8. The molecule has 3 aromatic carbocycles. The van der Waals surface area contributed by atoms with Crippen LogP contribution in [0.1, 0.15) is 38.5 Å². The van der Waals surface area contributed by atoms with Gasteiger partial charge in [-0.1, -0.05) is 13.8 Å². The zero-order chi connectivity index (χ0) is 33.0. The number of ether oxygens (including phenoxy) is 2. The molecule has 0 radical (unpaired) electrons. The highest BCUT2D eigenvalue weighted by molar-refractivity contribution is 6.00. The van der Waals surface area contributed by atoms with Crippen LogP contribution in [0.25, 0.3) is 22.2 Å². The summed E-state index contributed by atoms with van der Waals surface area (Å²) < 4.78 is 85.7. The number of hydrogen-bond donors (Lipinski definition) is 2. The summed E-state index contributed by atoms with van der Waals surface area (Å²) in [4.78, 5) is 28.1. The number of aromatic nitrogens is 1. The lowest BCUT2D eigenvalue weighted by molar-refractivity contribution is -0.147. The number of amides is 2. The molecule has 0 saturated carbocycles. The van der Waals surface area contributed by atoms with Crippen molar-refractivity contribution in [2.45, 2.75) is 45.1 Å². The second-order valence-electron chi connectivity index (χ2n) is 11.7. The van der Waals surface area contributed by atoms with Crippen LogP contribution >= 0.6 is 0 Å². The molecule has 1 fully saturated rings. The molecule has 2 aliphatic rings. The Balaban J connectivity index is 1.40. The predicted molar refractivity (Wildman–Crippen MR) is 161 cm³/mol. The third-order valence-corrected chi connectivity index (χ3v) is 8.56. The molecule has 0 bridgehead atoms. The molecular formula is C33H31F5N4O4. The van der Waals surface area contributed by atoms with Crippen molar-refractivity contribution in [2.75, 3.05) is 31.3 Å². The van der Waals surface area contributed by atoms with Gasteiger partial charge in [0.15, 0.2) is 23.3 Å². The fourth-order valence-electron chi connectivity index (χ4n) is 6.31. The fraction of sp³-hybridized carbons (Fsp3) is 0.333. The summed E-state index contributed by atoms with van der Waals surface area (Å²) in [5, 5.41) is 6.28. The molecule has 0 aliphatic carbocycles. The molecule has 1 saturated heterocycles. The first kappa shape index (κ1) is 31.3. The molecule has 13 heteroatoms. The van der Waals surface area contributed by atoms with Crippen molar-refractivity contribution in [1.29, 1.82) is 0 Å². The fourth-order valence-corrected chi connectivity index (χ4v) is 6.31. The van der Waals surface area contributed by atoms with Crippen molar-refractivity contribution < 1.29 is 41.0 Å². The smallest absolute Gasteiger partial charge is 0.252 e. The van der Waals surface area contributed by atoms with E-state index in [0.29, 0.717) is 52.9 Å². The molecule has 242 valence electrons. The molecule has 2 N–H and O–H groups in total. The van der Waals surface area contributed by atoms with Gasteiger partial charge < -0.3 is 29.6 Å². The van der Waals surface area contributed by atoms with Crippen LogP contribution in [0.2, 0.25) is 0 Å². The van der Waals surface area contributed by atoms with Crippen LogP contribution in [-0.2, 0) is 14.3 Å². The zero-order valence-corrected chi connectivity index (χ0v) is 25.4. The third kappa shape index (κ3) is 5.02. The number of fused-ring (bicyclic) bond motifs is 5. The first-order valence-corrected chi connectivity index (χ1v) is 14.8. The van der Waals surface area contributed by atoms with Gasteiger partial charge >= 0.3 is 0 Å². The topological polar surface area (TPSA) is 84.8 Å². The number of nitrogens with one attached hydrogen (secondary N) is 2. The van der Waals surface area contributed by atoms with Gasteiger partial charge in [-0.3, -0.25) is 9.59 Å². The Morgan fingerprint density at radius 1 is 0.935 bits per heavy atom. The minimum atomic E-state index is -2.27. The minimum absolute atomic E-state index is 0.0855. The van der Waals surface area contributed by atoms with Crippen molar-refractivity contribution in [2.24, 2.45) is 5.92 Å². The lowest BCUT2D eigenvalue weighted by Crippen LogP contribution is -2.49. The van der Waals surface area contributed by atoms with E-state index < -0.39 is 53.0 Å². The Morgan fingerprint density at radius 2 is 1.61 bits per heavy atom. The molecule has 1 aromatic heterocycles. The standard InChI is InChI=1S/C33H31F5N4O4/c1-15(2)30(45-4)32(44)41-11-5-6-21(41)31(43)40-18-8-10-20-16(12-18)13-22-19-9-7-17(39-3)14-23(19)46-33(42(20)22)24-25(34)27(36)29(38)28(37)26(24)35/h7-10,12-15,21,30,33,39H,5-6,11H2,1-4H3,(H,40,43). The van der Waals surface area contributed by atoms with Crippen molar-refractivity contribution in [1.82, 2.24) is 9.47 Å². The van der Waals surface area contributed by atoms with Gasteiger partial charge in [0.1, 0.15) is 17.9 Å². The highest BCUT2D eigenvalue weighted by Gasteiger charge is 2.39. The molecule has 4 aromatic rings. The number of carbonyl (C=O) groups excluding carboxylic acids is 2. The maximum Gasteiger partial charge on any atom is 0.252 e. The van der Waals surface area contributed by atoms with Crippen LogP contribution in [0.5, 0.6) is 5.75 Å². The van der Waals surface area contributed by atoms with Gasteiger partial charge in [-0.2, -0.15) is 0 Å². The Kier molecular flexibility index (Phi) is 8.13. The number of likely N-dealkylation sites (tertiary alicyclic amines) is 1.